The third-order valence-electron chi connectivity index (χ3n) is 3.89. The predicted molar refractivity (Wildman–Crippen MR) is 111 cm³/mol. The number of methoxy groups -OCH3 is 1. The number of esters is 1. The fourth-order valence-electron chi connectivity index (χ4n) is 2.54. The van der Waals surface area contributed by atoms with Crippen molar-refractivity contribution < 1.29 is 14.3 Å². The largest absolute Gasteiger partial charge is 0.465 e. The number of carbonyl (C=O) groups excluding carboxylic acids is 2. The number of benzene rings is 2. The molecule has 2 aromatic carbocycles. The van der Waals surface area contributed by atoms with Crippen LogP contribution in [0, 0.1) is 0 Å². The first-order valence-corrected chi connectivity index (χ1v) is 9.67. The summed E-state index contributed by atoms with van der Waals surface area (Å²) in [6.45, 7) is 0. The number of nitrogens with one attached hydrogen (secondary N) is 2. The van der Waals surface area contributed by atoms with Crippen molar-refractivity contribution in [2.75, 3.05) is 17.7 Å². The van der Waals surface area contributed by atoms with Crippen molar-refractivity contribution in [1.29, 1.82) is 0 Å². The minimum Gasteiger partial charge on any atom is -0.465 e. The Balaban J connectivity index is 1.81. The monoisotopic (exact) mass is 415 g/mol. The number of thiazole rings is 1. The number of rotatable bonds is 7. The van der Waals surface area contributed by atoms with Crippen LogP contribution in [0.1, 0.15) is 15.2 Å². The number of hydrogen-bond donors (Lipinski definition) is 2. The number of ether oxygens (including phenoxy) is 1. The number of aromatic nitrogens is 1. The fraction of sp³-hybridized carbons (Fsp3) is 0.150. The Hall–Kier alpha value is -2.90. The maximum atomic E-state index is 12.9. The van der Waals surface area contributed by atoms with Crippen LogP contribution in [0.4, 0.5) is 10.8 Å². The lowest BCUT2D eigenvalue weighted by Gasteiger charge is -2.18. The van der Waals surface area contributed by atoms with E-state index in [4.69, 9.17) is 16.3 Å². The molecular weight excluding hydrogens is 398 g/mol. The molecule has 0 fully saturated rings. The fourth-order valence-corrected chi connectivity index (χ4v) is 3.70. The summed E-state index contributed by atoms with van der Waals surface area (Å²) in [6, 6.07) is 18.2. The van der Waals surface area contributed by atoms with Gasteiger partial charge in [0.15, 0.2) is 15.2 Å². The van der Waals surface area contributed by atoms with Gasteiger partial charge in [0.2, 0.25) is 5.91 Å². The molecule has 0 aliphatic heterocycles. The van der Waals surface area contributed by atoms with E-state index in [9.17, 15) is 9.59 Å². The zero-order chi connectivity index (χ0) is 19.9. The van der Waals surface area contributed by atoms with E-state index in [1.54, 1.807) is 0 Å². The number of amides is 1. The van der Waals surface area contributed by atoms with Crippen LogP contribution in [0.5, 0.6) is 0 Å². The van der Waals surface area contributed by atoms with Crippen molar-refractivity contribution in [3.05, 3.63) is 76.3 Å². The third kappa shape index (κ3) is 5.09. The molecule has 3 rings (SSSR count). The van der Waals surface area contributed by atoms with Crippen molar-refractivity contribution in [1.82, 2.24) is 4.98 Å². The molecule has 1 amide bonds. The molecular formula is C20H18ClN3O3S. The second kappa shape index (κ2) is 9.34. The van der Waals surface area contributed by atoms with Gasteiger partial charge in [-0.25, -0.2) is 9.78 Å². The van der Waals surface area contributed by atoms with Crippen LogP contribution in [0.15, 0.2) is 60.7 Å². The zero-order valence-electron chi connectivity index (χ0n) is 15.0. The number of nitrogens with zero attached hydrogens (tertiary/aromatic N) is 1. The Labute approximate surface area is 171 Å². The highest BCUT2D eigenvalue weighted by atomic mass is 35.5. The molecule has 8 heteroatoms. The molecule has 28 heavy (non-hydrogen) atoms. The summed E-state index contributed by atoms with van der Waals surface area (Å²) in [5, 5.41) is 6.39. The third-order valence-corrected chi connectivity index (χ3v) is 5.25. The molecule has 3 aromatic rings. The Bertz CT molecular complexity index is 948. The summed E-state index contributed by atoms with van der Waals surface area (Å²) >= 11 is 7.08. The number of anilines is 2. The van der Waals surface area contributed by atoms with Crippen molar-refractivity contribution in [3.8, 4) is 0 Å². The molecule has 1 heterocycles. The summed E-state index contributed by atoms with van der Waals surface area (Å²) in [6.07, 6.45) is 0.435. The molecule has 144 valence electrons. The molecule has 0 spiro atoms. The van der Waals surface area contributed by atoms with E-state index in [-0.39, 0.29) is 15.9 Å². The summed E-state index contributed by atoms with van der Waals surface area (Å²) in [7, 11) is 1.27. The van der Waals surface area contributed by atoms with Gasteiger partial charge in [-0.15, -0.1) is 0 Å². The zero-order valence-corrected chi connectivity index (χ0v) is 16.6. The van der Waals surface area contributed by atoms with Gasteiger partial charge in [0.1, 0.15) is 6.04 Å². The van der Waals surface area contributed by atoms with Gasteiger partial charge in [-0.05, 0) is 17.7 Å². The highest BCUT2D eigenvalue weighted by molar-refractivity contribution is 7.18. The molecule has 0 unspecified atom stereocenters. The smallest absolute Gasteiger partial charge is 0.351 e. The quantitative estimate of drug-likeness (QED) is 0.564. The van der Waals surface area contributed by atoms with Crippen LogP contribution in [0.3, 0.4) is 0 Å². The van der Waals surface area contributed by atoms with E-state index >= 15 is 0 Å². The molecule has 1 atom stereocenters. The molecule has 2 N–H and O–H groups in total. The van der Waals surface area contributed by atoms with Gasteiger partial charge in [0.25, 0.3) is 0 Å². The van der Waals surface area contributed by atoms with Crippen molar-refractivity contribution >= 4 is 45.6 Å². The van der Waals surface area contributed by atoms with Crippen LogP contribution in [-0.4, -0.2) is 30.0 Å². The van der Waals surface area contributed by atoms with Gasteiger partial charge in [-0.2, -0.15) is 0 Å². The molecule has 0 saturated heterocycles. The van der Waals surface area contributed by atoms with E-state index < -0.39 is 12.0 Å². The average Bonchev–Trinajstić information content (AvgIpc) is 3.08. The summed E-state index contributed by atoms with van der Waals surface area (Å²) in [5.41, 5.74) is 1.68. The Morgan fingerprint density at radius 2 is 1.75 bits per heavy atom. The van der Waals surface area contributed by atoms with Crippen molar-refractivity contribution in [3.63, 3.8) is 0 Å². The number of para-hydroxylation sites is 1. The lowest BCUT2D eigenvalue weighted by Crippen LogP contribution is -2.36. The normalized spacial score (nSPS) is 11.5. The summed E-state index contributed by atoms with van der Waals surface area (Å²) < 4.78 is 4.70. The van der Waals surface area contributed by atoms with E-state index in [2.05, 4.69) is 15.6 Å². The van der Waals surface area contributed by atoms with E-state index in [1.165, 1.54) is 7.11 Å². The van der Waals surface area contributed by atoms with Gasteiger partial charge < -0.3 is 15.4 Å². The lowest BCUT2D eigenvalue weighted by molar-refractivity contribution is -0.116. The minimum absolute atomic E-state index is 0.0429. The first-order chi connectivity index (χ1) is 13.6. The maximum absolute atomic E-state index is 12.9. The van der Waals surface area contributed by atoms with E-state index in [0.717, 1.165) is 16.9 Å². The van der Waals surface area contributed by atoms with Crippen LogP contribution >= 0.6 is 22.9 Å². The Kier molecular flexibility index (Phi) is 6.62. The van der Waals surface area contributed by atoms with Gasteiger partial charge in [0, 0.05) is 12.1 Å². The molecule has 1 aromatic heterocycles. The number of hydrogen-bond acceptors (Lipinski definition) is 6. The SMILES string of the molecule is COC(=O)c1sc(N[C@H](Cc2ccccc2)C(=O)Nc2ccccc2)nc1Cl. The second-order valence-electron chi connectivity index (χ2n) is 5.87. The summed E-state index contributed by atoms with van der Waals surface area (Å²) in [5.74, 6) is -0.787. The highest BCUT2D eigenvalue weighted by Gasteiger charge is 2.23. The molecule has 0 aliphatic carbocycles. The Morgan fingerprint density at radius 1 is 1.11 bits per heavy atom. The highest BCUT2D eigenvalue weighted by Crippen LogP contribution is 2.28. The minimum atomic E-state index is -0.615. The van der Waals surface area contributed by atoms with Crippen LogP contribution in [0.25, 0.3) is 0 Å². The topological polar surface area (TPSA) is 80.3 Å². The molecule has 6 nitrogen and oxygen atoms in total. The van der Waals surface area contributed by atoms with Gasteiger partial charge in [0.05, 0.1) is 7.11 Å². The Morgan fingerprint density at radius 3 is 2.39 bits per heavy atom. The number of halogens is 1. The standard InChI is InChI=1S/C20H18ClN3O3S/c1-27-19(26)16-17(21)24-20(28-16)23-15(12-13-8-4-2-5-9-13)18(25)22-14-10-6-3-7-11-14/h2-11,15H,12H2,1H3,(H,22,25)(H,23,24)/t15-/m1/s1. The lowest BCUT2D eigenvalue weighted by atomic mass is 10.1. The van der Waals surface area contributed by atoms with Crippen LogP contribution in [0.2, 0.25) is 5.15 Å². The summed E-state index contributed by atoms with van der Waals surface area (Å²) in [4.78, 5) is 29.0. The molecule has 0 radical (unpaired) electrons. The van der Waals surface area contributed by atoms with Crippen molar-refractivity contribution in [2.45, 2.75) is 12.5 Å². The molecule has 0 saturated carbocycles. The first kappa shape index (κ1) is 19.9. The predicted octanol–water partition coefficient (Wildman–Crippen LogP) is 4.25. The molecule has 0 bridgehead atoms. The van der Waals surface area contributed by atoms with Gasteiger partial charge in [-0.3, -0.25) is 4.79 Å². The van der Waals surface area contributed by atoms with Gasteiger partial charge in [-0.1, -0.05) is 71.5 Å². The first-order valence-electron chi connectivity index (χ1n) is 8.48. The average molecular weight is 416 g/mol. The van der Waals surface area contributed by atoms with E-state index in [1.807, 2.05) is 60.7 Å². The maximum Gasteiger partial charge on any atom is 0.351 e. The van der Waals surface area contributed by atoms with Crippen LogP contribution in [-0.2, 0) is 16.0 Å². The van der Waals surface area contributed by atoms with Crippen LogP contribution < -0.4 is 10.6 Å². The molecule has 0 aliphatic rings. The second-order valence-corrected chi connectivity index (χ2v) is 7.23. The van der Waals surface area contributed by atoms with Crippen molar-refractivity contribution in [2.24, 2.45) is 0 Å². The van der Waals surface area contributed by atoms with Gasteiger partial charge >= 0.3 is 5.97 Å². The number of carbonyl (C=O) groups is 2. The van der Waals surface area contributed by atoms with E-state index in [0.29, 0.717) is 17.2 Å².